The maximum absolute atomic E-state index is 12.4. The zero-order valence-electron chi connectivity index (χ0n) is 12.8. The fourth-order valence-corrected chi connectivity index (χ4v) is 2.90. The third-order valence-electron chi connectivity index (χ3n) is 3.78. The first kappa shape index (κ1) is 15.5. The molecule has 0 saturated carbocycles. The number of aryl methyl sites for hydroxylation is 2. The monoisotopic (exact) mass is 330 g/mol. The molecule has 0 amide bonds. The Morgan fingerprint density at radius 1 is 1.30 bits per heavy atom. The molecule has 3 aromatic rings. The number of carbonyl (C=O) groups excluding carboxylic acids is 2. The standard InChI is InChI=1S/C17H15ClN2O3/c1-3-6-12-13(9(2)23-20-12)15-14(16(21)17(18)22)10-7-4-5-8-11(10)19-15/h4-5,7-8,19H,3,6H2,1-2H3. The number of hydrogen-bond acceptors (Lipinski definition) is 4. The summed E-state index contributed by atoms with van der Waals surface area (Å²) in [5, 5.41) is 3.72. The summed E-state index contributed by atoms with van der Waals surface area (Å²) in [5.41, 5.74) is 3.04. The number of H-pyrrole nitrogens is 1. The van der Waals surface area contributed by atoms with Crippen LogP contribution in [0.2, 0.25) is 0 Å². The van der Waals surface area contributed by atoms with E-state index in [2.05, 4.69) is 10.1 Å². The van der Waals surface area contributed by atoms with Gasteiger partial charge in [-0.25, -0.2) is 0 Å². The summed E-state index contributed by atoms with van der Waals surface area (Å²) in [6.45, 7) is 3.82. The van der Waals surface area contributed by atoms with E-state index in [-0.39, 0.29) is 5.56 Å². The highest BCUT2D eigenvalue weighted by atomic mass is 35.5. The number of nitrogens with one attached hydrogen (secondary N) is 1. The maximum atomic E-state index is 12.4. The first-order valence-electron chi connectivity index (χ1n) is 7.35. The number of benzene rings is 1. The summed E-state index contributed by atoms with van der Waals surface area (Å²) in [6, 6.07) is 7.29. The molecule has 118 valence electrons. The predicted molar refractivity (Wildman–Crippen MR) is 87.7 cm³/mol. The number of aromatic nitrogens is 2. The predicted octanol–water partition coefficient (Wildman–Crippen LogP) is 4.03. The Morgan fingerprint density at radius 3 is 2.74 bits per heavy atom. The Balaban J connectivity index is 2.34. The number of nitrogens with zero attached hydrogens (tertiary/aromatic N) is 1. The van der Waals surface area contributed by atoms with E-state index in [0.29, 0.717) is 23.3 Å². The van der Waals surface area contributed by atoms with Gasteiger partial charge in [-0.2, -0.15) is 0 Å². The molecular weight excluding hydrogens is 316 g/mol. The number of Topliss-reactive ketones (excluding diaryl/α,β-unsaturated/α-hetero) is 1. The van der Waals surface area contributed by atoms with Gasteiger partial charge in [0.15, 0.2) is 0 Å². The summed E-state index contributed by atoms with van der Waals surface area (Å²) >= 11 is 5.45. The first-order chi connectivity index (χ1) is 11.0. The van der Waals surface area contributed by atoms with E-state index in [1.54, 1.807) is 13.0 Å². The van der Waals surface area contributed by atoms with E-state index >= 15 is 0 Å². The molecular formula is C17H15ClN2O3. The Labute approximate surface area is 137 Å². The normalized spacial score (nSPS) is 11.1. The highest BCUT2D eigenvalue weighted by molar-refractivity contribution is 6.83. The lowest BCUT2D eigenvalue weighted by Gasteiger charge is -2.03. The number of para-hydroxylation sites is 1. The second-order valence-electron chi connectivity index (χ2n) is 5.33. The SMILES string of the molecule is CCCc1noc(C)c1-c1[nH]c2ccccc2c1C(=O)C(=O)Cl. The Morgan fingerprint density at radius 2 is 2.04 bits per heavy atom. The van der Waals surface area contributed by atoms with Crippen LogP contribution in [0, 0.1) is 6.92 Å². The number of rotatable bonds is 5. The minimum absolute atomic E-state index is 0.268. The summed E-state index contributed by atoms with van der Waals surface area (Å²) in [4.78, 5) is 27.0. The van der Waals surface area contributed by atoms with Crippen molar-refractivity contribution in [2.45, 2.75) is 26.7 Å². The lowest BCUT2D eigenvalue weighted by Crippen LogP contribution is -2.08. The molecule has 5 nitrogen and oxygen atoms in total. The van der Waals surface area contributed by atoms with Crippen molar-refractivity contribution in [2.24, 2.45) is 0 Å². The van der Waals surface area contributed by atoms with Crippen molar-refractivity contribution in [3.63, 3.8) is 0 Å². The van der Waals surface area contributed by atoms with E-state index in [4.69, 9.17) is 16.1 Å². The third-order valence-corrected chi connectivity index (χ3v) is 3.95. The van der Waals surface area contributed by atoms with Gasteiger partial charge in [0.05, 0.1) is 22.5 Å². The molecule has 0 spiro atoms. The van der Waals surface area contributed by atoms with Crippen LogP contribution in [0.5, 0.6) is 0 Å². The molecule has 0 aliphatic rings. The highest BCUT2D eigenvalue weighted by Crippen LogP contribution is 2.35. The van der Waals surface area contributed by atoms with Gasteiger partial charge in [0.2, 0.25) is 5.78 Å². The molecule has 3 rings (SSSR count). The van der Waals surface area contributed by atoms with Crippen molar-refractivity contribution in [1.29, 1.82) is 0 Å². The second kappa shape index (κ2) is 6.01. The lowest BCUT2D eigenvalue weighted by atomic mass is 9.99. The Bertz CT molecular complexity index is 908. The van der Waals surface area contributed by atoms with Gasteiger partial charge < -0.3 is 9.51 Å². The van der Waals surface area contributed by atoms with E-state index in [1.807, 2.05) is 25.1 Å². The van der Waals surface area contributed by atoms with Crippen molar-refractivity contribution in [3.8, 4) is 11.3 Å². The fourth-order valence-electron chi connectivity index (χ4n) is 2.81. The van der Waals surface area contributed by atoms with Crippen LogP contribution < -0.4 is 0 Å². The number of halogens is 1. The van der Waals surface area contributed by atoms with Crippen molar-refractivity contribution >= 4 is 33.5 Å². The lowest BCUT2D eigenvalue weighted by molar-refractivity contribution is -0.108. The third kappa shape index (κ3) is 2.57. The smallest absolute Gasteiger partial charge is 0.293 e. The van der Waals surface area contributed by atoms with Crippen molar-refractivity contribution < 1.29 is 14.1 Å². The van der Waals surface area contributed by atoms with E-state index in [9.17, 15) is 9.59 Å². The molecule has 0 saturated heterocycles. The van der Waals surface area contributed by atoms with Crippen LogP contribution in [0.1, 0.15) is 35.2 Å². The molecule has 0 unspecified atom stereocenters. The molecule has 0 radical (unpaired) electrons. The van der Waals surface area contributed by atoms with Crippen molar-refractivity contribution in [3.05, 3.63) is 41.3 Å². The van der Waals surface area contributed by atoms with Gasteiger partial charge in [-0.05, 0) is 31.0 Å². The van der Waals surface area contributed by atoms with Crippen molar-refractivity contribution in [1.82, 2.24) is 10.1 Å². The van der Waals surface area contributed by atoms with Gasteiger partial charge in [0.1, 0.15) is 5.76 Å². The molecule has 1 aromatic carbocycles. The zero-order chi connectivity index (χ0) is 16.6. The number of carbonyl (C=O) groups is 2. The van der Waals surface area contributed by atoms with Crippen LogP contribution in [0.3, 0.4) is 0 Å². The van der Waals surface area contributed by atoms with Crippen LogP contribution >= 0.6 is 11.6 Å². The first-order valence-corrected chi connectivity index (χ1v) is 7.72. The van der Waals surface area contributed by atoms with Crippen LogP contribution in [0.25, 0.3) is 22.2 Å². The number of ketones is 1. The minimum Gasteiger partial charge on any atom is -0.361 e. The van der Waals surface area contributed by atoms with Gasteiger partial charge in [-0.15, -0.1) is 0 Å². The molecule has 6 heteroatoms. The molecule has 2 aromatic heterocycles. The molecule has 0 aliphatic heterocycles. The largest absolute Gasteiger partial charge is 0.361 e. The minimum atomic E-state index is -1.01. The van der Waals surface area contributed by atoms with Crippen LogP contribution in [-0.2, 0) is 11.2 Å². The molecule has 1 N–H and O–H groups in total. The van der Waals surface area contributed by atoms with Crippen LogP contribution in [-0.4, -0.2) is 21.2 Å². The quantitative estimate of drug-likeness (QED) is 0.435. The number of fused-ring (bicyclic) bond motifs is 1. The number of hydrogen-bond donors (Lipinski definition) is 1. The average molecular weight is 331 g/mol. The van der Waals surface area contributed by atoms with E-state index < -0.39 is 11.0 Å². The van der Waals surface area contributed by atoms with Gasteiger partial charge in [-0.1, -0.05) is 36.7 Å². The van der Waals surface area contributed by atoms with Crippen LogP contribution in [0.15, 0.2) is 28.8 Å². The highest BCUT2D eigenvalue weighted by Gasteiger charge is 2.27. The molecule has 2 heterocycles. The van der Waals surface area contributed by atoms with E-state index in [0.717, 1.165) is 23.2 Å². The van der Waals surface area contributed by atoms with Gasteiger partial charge in [0.25, 0.3) is 5.24 Å². The van der Waals surface area contributed by atoms with Gasteiger partial charge in [-0.3, -0.25) is 9.59 Å². The topological polar surface area (TPSA) is 76.0 Å². The zero-order valence-corrected chi connectivity index (χ0v) is 13.5. The number of aromatic amines is 1. The molecule has 23 heavy (non-hydrogen) atoms. The Kier molecular flexibility index (Phi) is 4.05. The summed E-state index contributed by atoms with van der Waals surface area (Å²) < 4.78 is 5.29. The molecule has 0 fully saturated rings. The van der Waals surface area contributed by atoms with E-state index in [1.165, 1.54) is 0 Å². The second-order valence-corrected chi connectivity index (χ2v) is 5.68. The molecule has 0 atom stereocenters. The summed E-state index contributed by atoms with van der Waals surface area (Å²) in [6.07, 6.45) is 1.60. The Hall–Kier alpha value is -2.40. The van der Waals surface area contributed by atoms with Crippen molar-refractivity contribution in [2.75, 3.05) is 0 Å². The maximum Gasteiger partial charge on any atom is 0.293 e. The molecule has 0 aliphatic carbocycles. The van der Waals surface area contributed by atoms with Gasteiger partial charge in [0, 0.05) is 10.9 Å². The summed E-state index contributed by atoms with van der Waals surface area (Å²) in [7, 11) is 0. The average Bonchev–Trinajstić information content (AvgIpc) is 3.07. The summed E-state index contributed by atoms with van der Waals surface area (Å²) in [5.74, 6) is -0.141. The fraction of sp³-hybridized carbons (Fsp3) is 0.235. The van der Waals surface area contributed by atoms with Crippen LogP contribution in [0.4, 0.5) is 0 Å². The van der Waals surface area contributed by atoms with Gasteiger partial charge >= 0.3 is 0 Å². The molecule has 0 bridgehead atoms.